The lowest BCUT2D eigenvalue weighted by molar-refractivity contribution is 0.287. The van der Waals surface area contributed by atoms with Gasteiger partial charge < -0.3 is 9.64 Å². The summed E-state index contributed by atoms with van der Waals surface area (Å²) < 4.78 is 18.0. The van der Waals surface area contributed by atoms with Crippen molar-refractivity contribution in [3.8, 4) is 0 Å². The Kier molecular flexibility index (Phi) is 3.46. The molecular weight excluding hydrogens is 231 g/mol. The molecule has 0 N–H and O–H groups in total. The largest absolute Gasteiger partial charge is 0.493 e. The molecule has 0 spiro atoms. The van der Waals surface area contributed by atoms with Gasteiger partial charge in [-0.2, -0.15) is 0 Å². The predicted molar refractivity (Wildman–Crippen MR) is 69.3 cm³/mol. The Hall–Kier alpha value is -2.10. The number of rotatable bonds is 3. The summed E-state index contributed by atoms with van der Waals surface area (Å²) in [6, 6.07) is 6.41. The normalized spacial score (nSPS) is 15.3. The summed E-state index contributed by atoms with van der Waals surface area (Å²) in [6.45, 7) is 6.33. The standard InChI is InChI=1S/C14H15FN2O/c1-10-14(18-3)9-17(11(2)16-10)8-12-4-6-13(15)7-5-12/h4-7,9H,1,8H2,2-3H3. The molecule has 0 saturated carbocycles. The second kappa shape index (κ2) is 5.04. The minimum atomic E-state index is -0.232. The van der Waals surface area contributed by atoms with E-state index in [1.165, 1.54) is 12.1 Å². The SMILES string of the molecule is C=C1N=C(C)N(Cc2ccc(F)cc2)C=C1OC. The van der Waals surface area contributed by atoms with Crippen LogP contribution in [0.1, 0.15) is 12.5 Å². The van der Waals surface area contributed by atoms with Crippen LogP contribution in [-0.2, 0) is 11.3 Å². The van der Waals surface area contributed by atoms with Crippen LogP contribution in [0.3, 0.4) is 0 Å². The van der Waals surface area contributed by atoms with E-state index in [9.17, 15) is 4.39 Å². The summed E-state index contributed by atoms with van der Waals surface area (Å²) in [4.78, 5) is 6.26. The Morgan fingerprint density at radius 1 is 1.33 bits per heavy atom. The van der Waals surface area contributed by atoms with Gasteiger partial charge in [-0.05, 0) is 24.6 Å². The molecule has 4 heteroatoms. The third-order valence-corrected chi connectivity index (χ3v) is 2.76. The van der Waals surface area contributed by atoms with Crippen LogP contribution in [0.15, 0.2) is 53.5 Å². The van der Waals surface area contributed by atoms with Gasteiger partial charge in [0.2, 0.25) is 0 Å². The van der Waals surface area contributed by atoms with Crippen LogP contribution in [0.25, 0.3) is 0 Å². The average molecular weight is 246 g/mol. The summed E-state index contributed by atoms with van der Waals surface area (Å²) in [7, 11) is 1.59. The molecule has 18 heavy (non-hydrogen) atoms. The molecule has 0 atom stereocenters. The van der Waals surface area contributed by atoms with E-state index in [1.807, 2.05) is 18.0 Å². The summed E-state index contributed by atoms with van der Waals surface area (Å²) in [5.41, 5.74) is 1.62. The minimum absolute atomic E-state index is 0.232. The lowest BCUT2D eigenvalue weighted by Crippen LogP contribution is -2.26. The number of benzene rings is 1. The Morgan fingerprint density at radius 3 is 2.61 bits per heavy atom. The molecule has 2 rings (SSSR count). The molecular formula is C14H15FN2O. The quantitative estimate of drug-likeness (QED) is 0.818. The zero-order valence-corrected chi connectivity index (χ0v) is 10.5. The molecule has 0 aromatic heterocycles. The number of hydrogen-bond donors (Lipinski definition) is 0. The number of ether oxygens (including phenoxy) is 1. The van der Waals surface area contributed by atoms with Gasteiger partial charge >= 0.3 is 0 Å². The van der Waals surface area contributed by atoms with Gasteiger partial charge in [0.1, 0.15) is 17.3 Å². The highest BCUT2D eigenvalue weighted by Gasteiger charge is 2.15. The first-order valence-electron chi connectivity index (χ1n) is 5.61. The molecule has 1 aromatic rings. The van der Waals surface area contributed by atoms with Gasteiger partial charge in [-0.15, -0.1) is 0 Å². The van der Waals surface area contributed by atoms with Crippen molar-refractivity contribution in [2.45, 2.75) is 13.5 Å². The zero-order chi connectivity index (χ0) is 13.1. The average Bonchev–Trinajstić information content (AvgIpc) is 2.35. The minimum Gasteiger partial charge on any atom is -0.493 e. The van der Waals surface area contributed by atoms with Gasteiger partial charge in [-0.25, -0.2) is 9.38 Å². The van der Waals surface area contributed by atoms with Gasteiger partial charge in [0.05, 0.1) is 7.11 Å². The Labute approximate surface area is 106 Å². The highest BCUT2D eigenvalue weighted by molar-refractivity contribution is 5.83. The van der Waals surface area contributed by atoms with Crippen LogP contribution in [0.4, 0.5) is 4.39 Å². The lowest BCUT2D eigenvalue weighted by Gasteiger charge is -2.25. The van der Waals surface area contributed by atoms with Crippen LogP contribution in [-0.4, -0.2) is 17.8 Å². The van der Waals surface area contributed by atoms with Crippen molar-refractivity contribution in [2.24, 2.45) is 4.99 Å². The Bertz CT molecular complexity index is 517. The number of nitrogens with zero attached hydrogens (tertiary/aromatic N) is 2. The molecule has 94 valence electrons. The molecule has 0 amide bonds. The summed E-state index contributed by atoms with van der Waals surface area (Å²) in [6.07, 6.45) is 1.86. The van der Waals surface area contributed by atoms with Gasteiger partial charge in [-0.1, -0.05) is 18.7 Å². The third-order valence-electron chi connectivity index (χ3n) is 2.76. The van der Waals surface area contributed by atoms with E-state index in [0.29, 0.717) is 18.0 Å². The van der Waals surface area contributed by atoms with Crippen LogP contribution >= 0.6 is 0 Å². The van der Waals surface area contributed by atoms with Crippen molar-refractivity contribution in [3.05, 3.63) is 59.9 Å². The summed E-state index contributed by atoms with van der Waals surface area (Å²) in [5, 5.41) is 0. The second-order valence-electron chi connectivity index (χ2n) is 4.06. The molecule has 0 aliphatic carbocycles. The maximum absolute atomic E-state index is 12.8. The van der Waals surface area contributed by atoms with Crippen molar-refractivity contribution >= 4 is 5.84 Å². The smallest absolute Gasteiger partial charge is 0.160 e. The molecule has 0 fully saturated rings. The van der Waals surface area contributed by atoms with Crippen LogP contribution < -0.4 is 0 Å². The number of aliphatic imine (C=N–C) groups is 1. The molecule has 0 unspecified atom stereocenters. The van der Waals surface area contributed by atoms with Crippen molar-refractivity contribution in [1.82, 2.24) is 4.90 Å². The van der Waals surface area contributed by atoms with E-state index >= 15 is 0 Å². The Balaban J connectivity index is 2.18. The van der Waals surface area contributed by atoms with Gasteiger partial charge in [-0.3, -0.25) is 0 Å². The first kappa shape index (κ1) is 12.4. The van der Waals surface area contributed by atoms with E-state index in [-0.39, 0.29) is 5.82 Å². The van der Waals surface area contributed by atoms with E-state index in [1.54, 1.807) is 19.2 Å². The van der Waals surface area contributed by atoms with Gasteiger partial charge in [0.15, 0.2) is 5.76 Å². The molecule has 1 aromatic carbocycles. The third kappa shape index (κ3) is 2.59. The van der Waals surface area contributed by atoms with E-state index < -0.39 is 0 Å². The fourth-order valence-electron chi connectivity index (χ4n) is 1.74. The molecule has 1 aliphatic rings. The van der Waals surface area contributed by atoms with Crippen molar-refractivity contribution in [3.63, 3.8) is 0 Å². The highest BCUT2D eigenvalue weighted by atomic mass is 19.1. The van der Waals surface area contributed by atoms with E-state index in [4.69, 9.17) is 4.74 Å². The lowest BCUT2D eigenvalue weighted by atomic mass is 10.2. The number of methoxy groups -OCH3 is 1. The molecule has 0 radical (unpaired) electrons. The number of halogens is 1. The van der Waals surface area contributed by atoms with Crippen molar-refractivity contribution < 1.29 is 9.13 Å². The van der Waals surface area contributed by atoms with E-state index in [0.717, 1.165) is 11.4 Å². The molecule has 0 bridgehead atoms. The topological polar surface area (TPSA) is 24.8 Å². The van der Waals surface area contributed by atoms with Gasteiger partial charge in [0, 0.05) is 12.7 Å². The predicted octanol–water partition coefficient (Wildman–Crippen LogP) is 3.06. The summed E-state index contributed by atoms with van der Waals surface area (Å²) in [5.74, 6) is 1.25. The number of hydrogen-bond acceptors (Lipinski definition) is 3. The zero-order valence-electron chi connectivity index (χ0n) is 10.5. The van der Waals surface area contributed by atoms with Crippen LogP contribution in [0.2, 0.25) is 0 Å². The van der Waals surface area contributed by atoms with Crippen LogP contribution in [0.5, 0.6) is 0 Å². The second-order valence-corrected chi connectivity index (χ2v) is 4.06. The fourth-order valence-corrected chi connectivity index (χ4v) is 1.74. The van der Waals surface area contributed by atoms with Gasteiger partial charge in [0.25, 0.3) is 0 Å². The van der Waals surface area contributed by atoms with Crippen molar-refractivity contribution in [2.75, 3.05) is 7.11 Å². The first-order chi connectivity index (χ1) is 8.60. The molecule has 1 heterocycles. The van der Waals surface area contributed by atoms with E-state index in [2.05, 4.69) is 11.6 Å². The monoisotopic (exact) mass is 246 g/mol. The Morgan fingerprint density at radius 2 is 2.00 bits per heavy atom. The highest BCUT2D eigenvalue weighted by Crippen LogP contribution is 2.19. The number of amidine groups is 1. The summed E-state index contributed by atoms with van der Waals surface area (Å²) >= 11 is 0. The molecule has 0 saturated heterocycles. The maximum atomic E-state index is 12.8. The van der Waals surface area contributed by atoms with Crippen molar-refractivity contribution in [1.29, 1.82) is 0 Å². The fraction of sp³-hybridized carbons (Fsp3) is 0.214. The van der Waals surface area contributed by atoms with Crippen LogP contribution in [0, 0.1) is 5.82 Å². The molecule has 1 aliphatic heterocycles. The maximum Gasteiger partial charge on any atom is 0.160 e. The first-order valence-corrected chi connectivity index (χ1v) is 5.61. The molecule has 3 nitrogen and oxygen atoms in total.